The number of aryl methyl sites for hydroxylation is 2. The summed E-state index contributed by atoms with van der Waals surface area (Å²) in [6.07, 6.45) is 2.75. The van der Waals surface area contributed by atoms with E-state index in [1.807, 2.05) is 24.0 Å². The normalized spacial score (nSPS) is 10.9. The van der Waals surface area contributed by atoms with Gasteiger partial charge >= 0.3 is 0 Å². The molecule has 26 heavy (non-hydrogen) atoms. The van der Waals surface area contributed by atoms with Gasteiger partial charge in [-0.25, -0.2) is 0 Å². The molecule has 2 rings (SSSR count). The molecule has 142 valence electrons. The Morgan fingerprint density at radius 3 is 2.65 bits per heavy atom. The molecule has 1 aromatic carbocycles. The summed E-state index contributed by atoms with van der Waals surface area (Å²) in [5.74, 6) is 0. The molecule has 2 aromatic rings. The predicted molar refractivity (Wildman–Crippen MR) is 112 cm³/mol. The fourth-order valence-electron chi connectivity index (χ4n) is 2.84. The van der Waals surface area contributed by atoms with Gasteiger partial charge in [-0.1, -0.05) is 13.3 Å². The Morgan fingerprint density at radius 1 is 1.23 bits per heavy atom. The zero-order chi connectivity index (χ0) is 19.1. The summed E-state index contributed by atoms with van der Waals surface area (Å²) in [7, 11) is 0. The van der Waals surface area contributed by atoms with Crippen molar-refractivity contribution in [2.75, 3.05) is 19.7 Å². The number of hydrogen-bond acceptors (Lipinski definition) is 3. The van der Waals surface area contributed by atoms with Crippen molar-refractivity contribution in [3.05, 3.63) is 45.2 Å². The minimum absolute atomic E-state index is 0.0916. The lowest BCUT2D eigenvalue weighted by Crippen LogP contribution is -2.41. The molecular weight excluding hydrogens is 346 g/mol. The Bertz CT molecular complexity index is 817. The van der Waals surface area contributed by atoms with E-state index in [9.17, 15) is 9.90 Å². The van der Waals surface area contributed by atoms with Crippen molar-refractivity contribution in [1.29, 1.82) is 0 Å². The molecule has 0 radical (unpaired) electrons. The number of rotatable bonds is 8. The van der Waals surface area contributed by atoms with Gasteiger partial charge in [0.15, 0.2) is 5.11 Å². The van der Waals surface area contributed by atoms with Crippen LogP contribution < -0.4 is 10.9 Å². The van der Waals surface area contributed by atoms with Gasteiger partial charge in [-0.15, -0.1) is 0 Å². The van der Waals surface area contributed by atoms with Gasteiger partial charge in [0.05, 0.1) is 6.54 Å². The maximum absolute atomic E-state index is 12.5. The highest BCUT2D eigenvalue weighted by atomic mass is 32.1. The topological polar surface area (TPSA) is 68.4 Å². The molecule has 0 aliphatic carbocycles. The van der Waals surface area contributed by atoms with E-state index in [1.165, 1.54) is 5.56 Å². The number of aliphatic hydroxyl groups is 1. The van der Waals surface area contributed by atoms with Gasteiger partial charge in [-0.3, -0.25) is 4.79 Å². The van der Waals surface area contributed by atoms with Crippen LogP contribution in [-0.2, 0) is 6.54 Å². The molecule has 0 aliphatic rings. The molecule has 0 saturated carbocycles. The number of nitrogens with zero attached hydrogens (tertiary/aromatic N) is 1. The van der Waals surface area contributed by atoms with Gasteiger partial charge < -0.3 is 20.3 Å². The second kappa shape index (κ2) is 9.69. The summed E-state index contributed by atoms with van der Waals surface area (Å²) < 4.78 is 0. The quantitative estimate of drug-likeness (QED) is 0.489. The Labute approximate surface area is 160 Å². The fourth-order valence-corrected chi connectivity index (χ4v) is 3.10. The number of unbranched alkanes of at least 4 members (excludes halogenated alkanes) is 1. The molecule has 5 nitrogen and oxygen atoms in total. The van der Waals surface area contributed by atoms with Crippen LogP contribution >= 0.6 is 12.2 Å². The molecular formula is C20H29N3O2S. The lowest BCUT2D eigenvalue weighted by atomic mass is 10.0. The zero-order valence-electron chi connectivity index (χ0n) is 15.9. The van der Waals surface area contributed by atoms with Crippen LogP contribution in [0.1, 0.15) is 42.9 Å². The molecule has 0 bridgehead atoms. The van der Waals surface area contributed by atoms with E-state index in [-0.39, 0.29) is 12.2 Å². The minimum Gasteiger partial charge on any atom is -0.396 e. The van der Waals surface area contributed by atoms with Gasteiger partial charge in [-0.2, -0.15) is 0 Å². The van der Waals surface area contributed by atoms with Crippen LogP contribution in [-0.4, -0.2) is 39.8 Å². The molecule has 1 aromatic heterocycles. The highest BCUT2D eigenvalue weighted by molar-refractivity contribution is 7.80. The van der Waals surface area contributed by atoms with Gasteiger partial charge in [-0.05, 0) is 73.6 Å². The van der Waals surface area contributed by atoms with Crippen molar-refractivity contribution < 1.29 is 5.11 Å². The van der Waals surface area contributed by atoms with Crippen LogP contribution in [0.2, 0.25) is 0 Å². The van der Waals surface area contributed by atoms with Crippen LogP contribution in [0.4, 0.5) is 0 Å². The molecule has 0 saturated heterocycles. The van der Waals surface area contributed by atoms with Gasteiger partial charge in [0, 0.05) is 30.8 Å². The number of benzene rings is 1. The number of fused-ring (bicyclic) bond motifs is 1. The SMILES string of the molecule is CCCCNC(=S)N(CCCO)Cc1cc2cc(C)c(C)cc2[nH]c1=O. The van der Waals surface area contributed by atoms with Crippen LogP contribution in [0.15, 0.2) is 23.0 Å². The molecule has 1 heterocycles. The number of aliphatic hydroxyl groups excluding tert-OH is 1. The summed E-state index contributed by atoms with van der Waals surface area (Å²) in [6.45, 7) is 8.19. The minimum atomic E-state index is -0.0916. The molecule has 0 fully saturated rings. The average molecular weight is 376 g/mol. The highest BCUT2D eigenvalue weighted by Crippen LogP contribution is 2.18. The third-order valence-electron chi connectivity index (χ3n) is 4.58. The molecule has 0 spiro atoms. The summed E-state index contributed by atoms with van der Waals surface area (Å²) >= 11 is 5.50. The number of aromatic nitrogens is 1. The molecule has 0 aliphatic heterocycles. The number of nitrogens with one attached hydrogen (secondary N) is 2. The first kappa shape index (κ1) is 20.4. The zero-order valence-corrected chi connectivity index (χ0v) is 16.7. The van der Waals surface area contributed by atoms with Crippen molar-refractivity contribution in [3.8, 4) is 0 Å². The highest BCUT2D eigenvalue weighted by Gasteiger charge is 2.13. The Kier molecular flexibility index (Phi) is 7.60. The van der Waals surface area contributed by atoms with Crippen molar-refractivity contribution in [3.63, 3.8) is 0 Å². The third kappa shape index (κ3) is 5.29. The Balaban J connectivity index is 2.25. The first-order chi connectivity index (χ1) is 12.5. The third-order valence-corrected chi connectivity index (χ3v) is 4.98. The van der Waals surface area contributed by atoms with Gasteiger partial charge in [0.2, 0.25) is 0 Å². The van der Waals surface area contributed by atoms with E-state index in [0.29, 0.717) is 30.2 Å². The van der Waals surface area contributed by atoms with Crippen LogP contribution in [0.3, 0.4) is 0 Å². The molecule has 6 heteroatoms. The number of aromatic amines is 1. The Morgan fingerprint density at radius 2 is 1.96 bits per heavy atom. The summed E-state index contributed by atoms with van der Waals surface area (Å²) in [6, 6.07) is 6.05. The first-order valence-electron chi connectivity index (χ1n) is 9.23. The maximum atomic E-state index is 12.5. The van der Waals surface area contributed by atoms with Crippen molar-refractivity contribution in [2.24, 2.45) is 0 Å². The lowest BCUT2D eigenvalue weighted by Gasteiger charge is -2.25. The van der Waals surface area contributed by atoms with Crippen molar-refractivity contribution >= 4 is 28.2 Å². The second-order valence-electron chi connectivity index (χ2n) is 6.73. The maximum Gasteiger partial charge on any atom is 0.253 e. The van der Waals surface area contributed by atoms with Crippen LogP contribution in [0, 0.1) is 13.8 Å². The molecule has 0 unspecified atom stereocenters. The second-order valence-corrected chi connectivity index (χ2v) is 7.12. The van der Waals surface area contributed by atoms with E-state index in [2.05, 4.69) is 30.2 Å². The molecule has 3 N–H and O–H groups in total. The average Bonchev–Trinajstić information content (AvgIpc) is 2.60. The van der Waals surface area contributed by atoms with Crippen molar-refractivity contribution in [1.82, 2.24) is 15.2 Å². The van der Waals surface area contributed by atoms with E-state index in [0.717, 1.165) is 35.9 Å². The summed E-state index contributed by atoms with van der Waals surface area (Å²) in [5, 5.41) is 14.1. The lowest BCUT2D eigenvalue weighted by molar-refractivity contribution is 0.264. The van der Waals surface area contributed by atoms with E-state index >= 15 is 0 Å². The van der Waals surface area contributed by atoms with Crippen LogP contribution in [0.5, 0.6) is 0 Å². The monoisotopic (exact) mass is 375 g/mol. The number of hydrogen-bond donors (Lipinski definition) is 3. The van der Waals surface area contributed by atoms with E-state index in [4.69, 9.17) is 12.2 Å². The number of thiocarbonyl (C=S) groups is 1. The van der Waals surface area contributed by atoms with Crippen molar-refractivity contribution in [2.45, 2.75) is 46.6 Å². The molecule has 0 atom stereocenters. The Hall–Kier alpha value is -1.92. The van der Waals surface area contributed by atoms with E-state index in [1.54, 1.807) is 0 Å². The van der Waals surface area contributed by atoms with E-state index < -0.39 is 0 Å². The largest absolute Gasteiger partial charge is 0.396 e. The summed E-state index contributed by atoms with van der Waals surface area (Å²) in [4.78, 5) is 17.5. The fraction of sp³-hybridized carbons (Fsp3) is 0.500. The first-order valence-corrected chi connectivity index (χ1v) is 9.64. The summed E-state index contributed by atoms with van der Waals surface area (Å²) in [5.41, 5.74) is 3.80. The van der Waals surface area contributed by atoms with Crippen LogP contribution in [0.25, 0.3) is 10.9 Å². The smallest absolute Gasteiger partial charge is 0.253 e. The predicted octanol–water partition coefficient (Wildman–Crippen LogP) is 3.00. The number of H-pyrrole nitrogens is 1. The van der Waals surface area contributed by atoms with Gasteiger partial charge in [0.1, 0.15) is 0 Å². The van der Waals surface area contributed by atoms with Gasteiger partial charge in [0.25, 0.3) is 5.56 Å². The number of pyridine rings is 1. The molecule has 0 amide bonds. The standard InChI is InChI=1S/C20H29N3O2S/c1-4-5-7-21-20(26)23(8-6-9-24)13-17-12-16-10-14(2)15(3)11-18(16)22-19(17)25/h10-12,24H,4-9,13H2,1-3H3,(H,21,26)(H,22,25).